The van der Waals surface area contributed by atoms with E-state index < -0.39 is 10.8 Å². The molecule has 0 aromatic rings. The van der Waals surface area contributed by atoms with E-state index in [0.717, 1.165) is 0 Å². The molecule has 0 heterocycles. The van der Waals surface area contributed by atoms with Crippen molar-refractivity contribution in [1.29, 1.82) is 0 Å². The van der Waals surface area contributed by atoms with Gasteiger partial charge in [0, 0.05) is 0 Å². The molecule has 8 heavy (non-hydrogen) atoms. The van der Waals surface area contributed by atoms with Gasteiger partial charge in [0.2, 0.25) is 5.06 Å². The number of likely N-dealkylation sites (N-methyl/N-ethyl adjacent to an activating group) is 1. The topological polar surface area (TPSA) is 49.3 Å². The van der Waals surface area contributed by atoms with E-state index in [1.165, 1.54) is 14.0 Å². The number of hydrogen-bond acceptors (Lipinski definition) is 4. The number of rotatable bonds is 2. The summed E-state index contributed by atoms with van der Waals surface area (Å²) in [5.74, 6) is -0.414. The van der Waals surface area contributed by atoms with Gasteiger partial charge in [-0.2, -0.15) is 0 Å². The lowest BCUT2D eigenvalue weighted by Gasteiger charge is -2.15. The maximum Gasteiger partial charge on any atom is 0.221 e. The molecule has 0 aromatic carbocycles. The molecule has 0 amide bonds. The Hall–Kier alpha value is -0.0600. The van der Waals surface area contributed by atoms with Crippen LogP contribution in [0.4, 0.5) is 0 Å². The number of hydrogen-bond donors (Lipinski definition) is 3. The van der Waals surface area contributed by atoms with E-state index in [0.29, 0.717) is 0 Å². The smallest absolute Gasteiger partial charge is 0.221 e. The van der Waals surface area contributed by atoms with E-state index in [1.807, 2.05) is 0 Å². The van der Waals surface area contributed by atoms with Crippen LogP contribution in [0.3, 0.4) is 0 Å². The molecule has 1 unspecified atom stereocenters. The molecule has 0 bridgehead atoms. The summed E-state index contributed by atoms with van der Waals surface area (Å²) in [5, 5.41) is 9.46. The first kappa shape index (κ1) is 7.94. The second-order valence-electron chi connectivity index (χ2n) is 1.48. The number of aliphatic hydroxyl groups is 1. The molecule has 2 N–H and O–H groups in total. The average molecular weight is 135 g/mol. The second-order valence-corrected chi connectivity index (χ2v) is 2.13. The van der Waals surface area contributed by atoms with Gasteiger partial charge in [0.25, 0.3) is 0 Å². The van der Waals surface area contributed by atoms with Gasteiger partial charge in [0.05, 0.1) is 0 Å². The zero-order chi connectivity index (χ0) is 6.78. The van der Waals surface area contributed by atoms with Crippen molar-refractivity contribution in [3.8, 4) is 0 Å². The summed E-state index contributed by atoms with van der Waals surface area (Å²) in [6.07, 6.45) is 0. The third-order valence-corrected chi connectivity index (χ3v) is 1.38. The lowest BCUT2D eigenvalue weighted by atomic mass is 10.4. The first-order chi connectivity index (χ1) is 3.50. The molecule has 3 nitrogen and oxygen atoms in total. The van der Waals surface area contributed by atoms with Crippen LogP contribution >= 0.6 is 12.6 Å². The van der Waals surface area contributed by atoms with Crippen molar-refractivity contribution in [2.24, 2.45) is 0 Å². The molecule has 0 radical (unpaired) electrons. The minimum absolute atomic E-state index is 0.414. The van der Waals surface area contributed by atoms with Gasteiger partial charge in [0.1, 0.15) is 0 Å². The van der Waals surface area contributed by atoms with E-state index in [1.54, 1.807) is 0 Å². The quantitative estimate of drug-likeness (QED) is 0.349. The van der Waals surface area contributed by atoms with Crippen molar-refractivity contribution in [2.75, 3.05) is 7.05 Å². The van der Waals surface area contributed by atoms with Crippen LogP contribution in [0.1, 0.15) is 6.92 Å². The SMILES string of the molecule is CNC(O)(S)C(C)=O. The molecule has 48 valence electrons. The summed E-state index contributed by atoms with van der Waals surface area (Å²) in [6.45, 7) is 1.25. The van der Waals surface area contributed by atoms with E-state index >= 15 is 0 Å². The largest absolute Gasteiger partial charge is 0.361 e. The fourth-order valence-electron chi connectivity index (χ4n) is 0.176. The number of carbonyl (C=O) groups excluding carboxylic acids is 1. The van der Waals surface area contributed by atoms with E-state index in [4.69, 9.17) is 5.11 Å². The highest BCUT2D eigenvalue weighted by Gasteiger charge is 2.23. The Morgan fingerprint density at radius 1 is 1.88 bits per heavy atom. The number of thiol groups is 1. The Labute approximate surface area is 53.5 Å². The Balaban J connectivity index is 3.91. The van der Waals surface area contributed by atoms with Gasteiger partial charge in [-0.05, 0) is 14.0 Å². The third-order valence-electron chi connectivity index (χ3n) is 0.840. The van der Waals surface area contributed by atoms with Crippen LogP contribution in [0.15, 0.2) is 0 Å². The molecule has 0 saturated heterocycles. The molecule has 0 rings (SSSR count). The molecule has 0 aliphatic rings. The fraction of sp³-hybridized carbons (Fsp3) is 0.750. The van der Waals surface area contributed by atoms with Crippen LogP contribution in [0.25, 0.3) is 0 Å². The van der Waals surface area contributed by atoms with E-state index in [9.17, 15) is 4.79 Å². The van der Waals surface area contributed by atoms with E-state index in [2.05, 4.69) is 17.9 Å². The highest BCUT2D eigenvalue weighted by molar-refractivity contribution is 7.82. The zero-order valence-corrected chi connectivity index (χ0v) is 5.70. The van der Waals surface area contributed by atoms with Crippen LogP contribution in [-0.4, -0.2) is 23.0 Å². The average Bonchev–Trinajstić information content (AvgIpc) is 1.67. The number of ketones is 1. The van der Waals surface area contributed by atoms with Gasteiger partial charge in [-0.25, -0.2) is 0 Å². The van der Waals surface area contributed by atoms with Gasteiger partial charge in [-0.1, -0.05) is 0 Å². The molecule has 0 saturated carbocycles. The van der Waals surface area contributed by atoms with Crippen molar-refractivity contribution in [1.82, 2.24) is 5.32 Å². The Morgan fingerprint density at radius 2 is 2.25 bits per heavy atom. The Bertz CT molecular complexity index is 102. The van der Waals surface area contributed by atoms with Gasteiger partial charge < -0.3 is 5.11 Å². The van der Waals surface area contributed by atoms with E-state index in [-0.39, 0.29) is 0 Å². The summed E-state index contributed by atoms with van der Waals surface area (Å²) in [7, 11) is 1.45. The lowest BCUT2D eigenvalue weighted by molar-refractivity contribution is -0.128. The van der Waals surface area contributed by atoms with Gasteiger partial charge in [-0.15, -0.1) is 12.6 Å². The first-order valence-electron chi connectivity index (χ1n) is 2.15. The predicted molar refractivity (Wildman–Crippen MR) is 33.7 cm³/mol. The van der Waals surface area contributed by atoms with Crippen LogP contribution in [0.5, 0.6) is 0 Å². The second kappa shape index (κ2) is 2.48. The molecule has 0 aliphatic heterocycles. The molecular weight excluding hydrogens is 126 g/mol. The summed E-state index contributed by atoms with van der Waals surface area (Å²) < 4.78 is 0. The third kappa shape index (κ3) is 1.81. The minimum atomic E-state index is -1.65. The van der Waals surface area contributed by atoms with Crippen LogP contribution < -0.4 is 5.32 Å². The molecule has 0 aliphatic carbocycles. The zero-order valence-electron chi connectivity index (χ0n) is 4.80. The van der Waals surface area contributed by atoms with Crippen LogP contribution in [0.2, 0.25) is 0 Å². The molecule has 0 fully saturated rings. The number of nitrogens with one attached hydrogen (secondary N) is 1. The Kier molecular flexibility index (Phi) is 2.46. The summed E-state index contributed by atoms with van der Waals surface area (Å²) in [5.41, 5.74) is 0. The number of Topliss-reactive ketones (excluding diaryl/α,β-unsaturated/α-hetero) is 1. The Morgan fingerprint density at radius 3 is 2.25 bits per heavy atom. The normalized spacial score (nSPS) is 17.5. The van der Waals surface area contributed by atoms with Crippen molar-refractivity contribution >= 4 is 18.4 Å². The van der Waals surface area contributed by atoms with Crippen molar-refractivity contribution in [3.05, 3.63) is 0 Å². The highest BCUT2D eigenvalue weighted by Crippen LogP contribution is 2.03. The van der Waals surface area contributed by atoms with Crippen molar-refractivity contribution in [2.45, 2.75) is 12.0 Å². The van der Waals surface area contributed by atoms with Gasteiger partial charge in [0.15, 0.2) is 5.78 Å². The summed E-state index contributed by atoms with van der Waals surface area (Å²) in [4.78, 5) is 10.3. The van der Waals surface area contributed by atoms with Crippen molar-refractivity contribution in [3.63, 3.8) is 0 Å². The minimum Gasteiger partial charge on any atom is -0.361 e. The predicted octanol–water partition coefficient (Wildman–Crippen LogP) is -0.629. The monoisotopic (exact) mass is 135 g/mol. The molecule has 4 heteroatoms. The van der Waals surface area contributed by atoms with Crippen LogP contribution in [0, 0.1) is 0 Å². The molecule has 0 aromatic heterocycles. The van der Waals surface area contributed by atoms with Crippen molar-refractivity contribution < 1.29 is 9.90 Å². The van der Waals surface area contributed by atoms with Gasteiger partial charge >= 0.3 is 0 Å². The number of carbonyl (C=O) groups is 1. The summed E-state index contributed by atoms with van der Waals surface area (Å²) in [6, 6.07) is 0. The first-order valence-corrected chi connectivity index (χ1v) is 2.60. The van der Waals surface area contributed by atoms with Gasteiger partial charge in [-0.3, -0.25) is 10.1 Å². The fourth-order valence-corrected chi connectivity index (χ4v) is 0.176. The molecule has 0 spiro atoms. The summed E-state index contributed by atoms with van der Waals surface area (Å²) >= 11 is 3.58. The standard InChI is InChI=1S/C4H9NO2S/c1-3(6)4(7,8)5-2/h5,7-8H,1-2H3. The lowest BCUT2D eigenvalue weighted by Crippen LogP contribution is -2.43. The molecule has 1 atom stereocenters. The maximum absolute atomic E-state index is 10.3. The maximum atomic E-state index is 10.3. The molecular formula is C4H9NO2S. The highest BCUT2D eigenvalue weighted by atomic mass is 32.1. The van der Waals surface area contributed by atoms with Crippen LogP contribution in [-0.2, 0) is 4.79 Å².